The molecule has 1 fully saturated rings. The predicted molar refractivity (Wildman–Crippen MR) is 103 cm³/mol. The number of nitrogens with two attached hydrogens (primary N) is 1. The maximum atomic E-state index is 6.87. The monoisotopic (exact) mass is 333 g/mol. The van der Waals surface area contributed by atoms with E-state index in [0.29, 0.717) is 18.4 Å². The molecule has 3 unspecified atom stereocenters. The predicted octanol–water partition coefficient (Wildman–Crippen LogP) is 4.66. The van der Waals surface area contributed by atoms with Gasteiger partial charge in [-0.25, -0.2) is 0 Å². The fourth-order valence-corrected chi connectivity index (χ4v) is 4.79. The van der Waals surface area contributed by atoms with Crippen LogP contribution in [0.1, 0.15) is 36.0 Å². The molecule has 3 atom stereocenters. The van der Waals surface area contributed by atoms with Gasteiger partial charge in [-0.3, -0.25) is 0 Å². The number of hydrogen-bond acceptors (Lipinski definition) is 2. The van der Waals surface area contributed by atoms with Crippen molar-refractivity contribution in [3.63, 3.8) is 0 Å². The summed E-state index contributed by atoms with van der Waals surface area (Å²) in [5.74, 6) is 2.10. The zero-order valence-electron chi connectivity index (χ0n) is 14.8. The highest BCUT2D eigenvalue weighted by Crippen LogP contribution is 2.47. The van der Waals surface area contributed by atoms with Crippen LogP contribution in [0, 0.1) is 11.8 Å². The van der Waals surface area contributed by atoms with E-state index in [0.717, 1.165) is 25.0 Å². The second-order valence-electron chi connectivity index (χ2n) is 7.69. The molecule has 2 aliphatic rings. The highest BCUT2D eigenvalue weighted by atomic mass is 16.5. The topological polar surface area (TPSA) is 35.2 Å². The summed E-state index contributed by atoms with van der Waals surface area (Å²) in [4.78, 5) is 0. The Morgan fingerprint density at radius 2 is 1.76 bits per heavy atom. The molecule has 0 radical (unpaired) electrons. The molecule has 25 heavy (non-hydrogen) atoms. The van der Waals surface area contributed by atoms with Gasteiger partial charge in [-0.15, -0.1) is 6.58 Å². The lowest BCUT2D eigenvalue weighted by Gasteiger charge is -2.34. The lowest BCUT2D eigenvalue weighted by atomic mass is 9.77. The Balaban J connectivity index is 1.53. The molecule has 0 spiro atoms. The molecule has 1 saturated carbocycles. The summed E-state index contributed by atoms with van der Waals surface area (Å²) in [6.45, 7) is 4.56. The van der Waals surface area contributed by atoms with Gasteiger partial charge in [0.2, 0.25) is 0 Å². The highest BCUT2D eigenvalue weighted by Gasteiger charge is 2.47. The summed E-state index contributed by atoms with van der Waals surface area (Å²) < 4.78 is 6.03. The van der Waals surface area contributed by atoms with Gasteiger partial charge in [0, 0.05) is 5.54 Å². The Labute approximate surface area is 150 Å². The fourth-order valence-electron chi connectivity index (χ4n) is 4.79. The molecule has 2 aromatic carbocycles. The van der Waals surface area contributed by atoms with E-state index < -0.39 is 0 Å². The third-order valence-electron chi connectivity index (χ3n) is 6.24. The van der Waals surface area contributed by atoms with Crippen molar-refractivity contribution in [3.05, 3.63) is 77.9 Å². The first-order chi connectivity index (χ1) is 12.2. The number of fused-ring (bicyclic) bond motifs is 3. The molecule has 0 saturated heterocycles. The van der Waals surface area contributed by atoms with E-state index in [-0.39, 0.29) is 5.54 Å². The van der Waals surface area contributed by atoms with Crippen LogP contribution < -0.4 is 10.5 Å². The smallest absolute Gasteiger partial charge is 0.120 e. The molecule has 0 aromatic heterocycles. The van der Waals surface area contributed by atoms with Crippen LogP contribution in [0.5, 0.6) is 5.75 Å². The van der Waals surface area contributed by atoms with Gasteiger partial charge in [-0.05, 0) is 72.8 Å². The van der Waals surface area contributed by atoms with Crippen LogP contribution in [-0.4, -0.2) is 5.54 Å². The summed E-state index contributed by atoms with van der Waals surface area (Å²) in [5, 5.41) is 0. The molecular weight excluding hydrogens is 306 g/mol. The zero-order chi connectivity index (χ0) is 17.3. The Morgan fingerprint density at radius 3 is 2.48 bits per heavy atom. The Hall–Kier alpha value is -2.06. The first-order valence-electron chi connectivity index (χ1n) is 9.37. The van der Waals surface area contributed by atoms with Gasteiger partial charge >= 0.3 is 0 Å². The van der Waals surface area contributed by atoms with Gasteiger partial charge < -0.3 is 10.5 Å². The average Bonchev–Trinajstić information content (AvgIpc) is 2.84. The van der Waals surface area contributed by atoms with Crippen LogP contribution in [0.2, 0.25) is 0 Å². The van der Waals surface area contributed by atoms with Gasteiger partial charge in [-0.2, -0.15) is 0 Å². The van der Waals surface area contributed by atoms with Crippen molar-refractivity contribution in [1.82, 2.24) is 0 Å². The van der Waals surface area contributed by atoms with E-state index in [1.165, 1.54) is 29.5 Å². The van der Waals surface area contributed by atoms with Crippen LogP contribution in [0.15, 0.2) is 61.2 Å². The summed E-state index contributed by atoms with van der Waals surface area (Å²) in [6.07, 6.45) is 7.58. The van der Waals surface area contributed by atoms with Gasteiger partial charge in [0.05, 0.1) is 0 Å². The van der Waals surface area contributed by atoms with Crippen molar-refractivity contribution in [2.45, 2.75) is 44.2 Å². The Morgan fingerprint density at radius 1 is 1.04 bits per heavy atom. The molecule has 2 N–H and O–H groups in total. The van der Waals surface area contributed by atoms with Crippen molar-refractivity contribution in [2.75, 3.05) is 0 Å². The van der Waals surface area contributed by atoms with Crippen LogP contribution in [0.4, 0.5) is 0 Å². The second kappa shape index (κ2) is 6.68. The second-order valence-corrected chi connectivity index (χ2v) is 7.69. The largest absolute Gasteiger partial charge is 0.489 e. The maximum absolute atomic E-state index is 6.87. The molecule has 0 aliphatic heterocycles. The van der Waals surface area contributed by atoms with Crippen LogP contribution in [0.3, 0.4) is 0 Å². The lowest BCUT2D eigenvalue weighted by Crippen LogP contribution is -2.49. The van der Waals surface area contributed by atoms with E-state index in [4.69, 9.17) is 10.5 Å². The molecule has 2 aromatic rings. The summed E-state index contributed by atoms with van der Waals surface area (Å²) >= 11 is 0. The molecule has 2 aliphatic carbocycles. The zero-order valence-corrected chi connectivity index (χ0v) is 14.8. The minimum Gasteiger partial charge on any atom is -0.489 e. The van der Waals surface area contributed by atoms with Gasteiger partial charge in [0.25, 0.3) is 0 Å². The molecule has 2 bridgehead atoms. The van der Waals surface area contributed by atoms with Crippen molar-refractivity contribution in [3.8, 4) is 5.75 Å². The van der Waals surface area contributed by atoms with Crippen LogP contribution >= 0.6 is 0 Å². The highest BCUT2D eigenvalue weighted by molar-refractivity contribution is 5.39. The van der Waals surface area contributed by atoms with Crippen molar-refractivity contribution in [1.29, 1.82) is 0 Å². The molecular formula is C23H27NO. The molecule has 2 nitrogen and oxygen atoms in total. The third-order valence-corrected chi connectivity index (χ3v) is 6.24. The van der Waals surface area contributed by atoms with Gasteiger partial charge in [0.1, 0.15) is 12.4 Å². The van der Waals surface area contributed by atoms with Crippen LogP contribution in [0.25, 0.3) is 0 Å². The summed E-state index contributed by atoms with van der Waals surface area (Å²) in [7, 11) is 0. The summed E-state index contributed by atoms with van der Waals surface area (Å²) in [6, 6.07) is 16.9. The number of benzene rings is 2. The fraction of sp³-hybridized carbons (Fsp3) is 0.391. The van der Waals surface area contributed by atoms with Crippen molar-refractivity contribution >= 4 is 0 Å². The quantitative estimate of drug-likeness (QED) is 0.807. The van der Waals surface area contributed by atoms with E-state index in [1.54, 1.807) is 0 Å². The minimum absolute atomic E-state index is 0.0776. The molecule has 4 rings (SSSR count). The Bertz CT molecular complexity index is 754. The minimum atomic E-state index is -0.0776. The number of rotatable bonds is 5. The van der Waals surface area contributed by atoms with E-state index in [2.05, 4.69) is 36.9 Å². The van der Waals surface area contributed by atoms with E-state index in [1.807, 2.05) is 24.3 Å². The average molecular weight is 333 g/mol. The number of hydrogen-bond donors (Lipinski definition) is 1. The first kappa shape index (κ1) is 16.4. The molecule has 130 valence electrons. The Kier molecular flexibility index (Phi) is 4.39. The van der Waals surface area contributed by atoms with Gasteiger partial charge in [-0.1, -0.05) is 42.5 Å². The van der Waals surface area contributed by atoms with E-state index >= 15 is 0 Å². The lowest BCUT2D eigenvalue weighted by molar-refractivity contribution is 0.253. The van der Waals surface area contributed by atoms with E-state index in [9.17, 15) is 0 Å². The normalized spacial score (nSPS) is 27.4. The maximum Gasteiger partial charge on any atom is 0.120 e. The standard InChI is InChI=1S/C23H27NO/c1-2-12-23(24)20-9-10-21(23)14-19-15-22(11-8-18(19)13-20)25-16-17-6-4-3-5-7-17/h2-8,11,15,20-21H,1,9-10,12-14,16,24H2. The third kappa shape index (κ3) is 3.11. The SMILES string of the molecule is C=CCC1(N)C2CCC1Cc1cc(OCc3ccccc3)ccc1C2. The summed E-state index contributed by atoms with van der Waals surface area (Å²) in [5.41, 5.74) is 10.9. The molecule has 0 amide bonds. The van der Waals surface area contributed by atoms with Crippen molar-refractivity contribution in [2.24, 2.45) is 17.6 Å². The van der Waals surface area contributed by atoms with Crippen LogP contribution in [-0.2, 0) is 19.4 Å². The number of ether oxygens (including phenoxy) is 1. The van der Waals surface area contributed by atoms with Gasteiger partial charge in [0.15, 0.2) is 0 Å². The first-order valence-corrected chi connectivity index (χ1v) is 9.37. The molecule has 0 heterocycles. The molecule has 2 heteroatoms. The van der Waals surface area contributed by atoms with Crippen molar-refractivity contribution < 1.29 is 4.74 Å².